The zero-order valence-corrected chi connectivity index (χ0v) is 18.9. The van der Waals surface area contributed by atoms with Crippen LogP contribution in [0.5, 0.6) is 0 Å². The lowest BCUT2D eigenvalue weighted by Gasteiger charge is -2.23. The number of aliphatic carboxylic acids is 1. The summed E-state index contributed by atoms with van der Waals surface area (Å²) < 4.78 is 0. The van der Waals surface area contributed by atoms with E-state index in [1.54, 1.807) is 0 Å². The van der Waals surface area contributed by atoms with Gasteiger partial charge in [0.1, 0.15) is 18.1 Å². The van der Waals surface area contributed by atoms with Gasteiger partial charge in [0, 0.05) is 13.1 Å². The van der Waals surface area contributed by atoms with E-state index in [1.165, 1.54) is 13.8 Å². The summed E-state index contributed by atoms with van der Waals surface area (Å²) in [6, 6.07) is -4.12. The fraction of sp³-hybridized carbons (Fsp3) is 0.667. The van der Waals surface area contributed by atoms with Crippen molar-refractivity contribution >= 4 is 35.6 Å². The third-order valence-electron chi connectivity index (χ3n) is 4.30. The maximum absolute atomic E-state index is 12.7. The van der Waals surface area contributed by atoms with Crippen LogP contribution in [0.2, 0.25) is 0 Å². The molecule has 0 radical (unpaired) electrons. The first-order valence-electron chi connectivity index (χ1n) is 10.3. The van der Waals surface area contributed by atoms with Gasteiger partial charge in [0.25, 0.3) is 0 Å². The highest BCUT2D eigenvalue weighted by molar-refractivity contribution is 5.93. The predicted octanol–water partition coefficient (Wildman–Crippen LogP) is -4.00. The molecule has 0 fully saturated rings. The molecule has 0 aliphatic heterocycles. The van der Waals surface area contributed by atoms with Crippen molar-refractivity contribution in [3.8, 4) is 0 Å². The van der Waals surface area contributed by atoms with Crippen molar-refractivity contribution in [2.45, 2.75) is 63.7 Å². The Balaban J connectivity index is 4.99. The molecular weight excluding hydrogens is 436 g/mol. The van der Waals surface area contributed by atoms with Crippen LogP contribution in [0.25, 0.3) is 0 Å². The molecule has 4 atom stereocenters. The van der Waals surface area contributed by atoms with Crippen molar-refractivity contribution < 1.29 is 24.3 Å². The van der Waals surface area contributed by atoms with Gasteiger partial charge in [-0.1, -0.05) is 0 Å². The number of nitrogens with two attached hydrogens (primary N) is 5. The Morgan fingerprint density at radius 1 is 0.758 bits per heavy atom. The van der Waals surface area contributed by atoms with Crippen LogP contribution in [0, 0.1) is 0 Å². The number of hydrogen-bond acceptors (Lipinski definition) is 7. The number of rotatable bonds is 15. The summed E-state index contributed by atoms with van der Waals surface area (Å²) in [5.74, 6) is -3.38. The van der Waals surface area contributed by atoms with Crippen LogP contribution >= 0.6 is 0 Å². The van der Waals surface area contributed by atoms with Gasteiger partial charge in [0.05, 0.1) is 6.04 Å². The van der Waals surface area contributed by atoms with Crippen molar-refractivity contribution in [1.29, 1.82) is 0 Å². The number of guanidine groups is 2. The van der Waals surface area contributed by atoms with Gasteiger partial charge in [0.15, 0.2) is 11.9 Å². The Morgan fingerprint density at radius 3 is 1.64 bits per heavy atom. The number of carbonyl (C=O) groups is 4. The molecule has 15 nitrogen and oxygen atoms in total. The van der Waals surface area contributed by atoms with Crippen molar-refractivity contribution in [2.75, 3.05) is 13.1 Å². The van der Waals surface area contributed by atoms with Gasteiger partial charge in [-0.2, -0.15) is 0 Å². The summed E-state index contributed by atoms with van der Waals surface area (Å²) in [7, 11) is 0. The first kappa shape index (κ1) is 29.4. The third kappa shape index (κ3) is 13.4. The summed E-state index contributed by atoms with van der Waals surface area (Å²) in [6.07, 6.45) is 0.943. The number of nitrogens with one attached hydrogen (secondary N) is 3. The number of hydrogen-bond donors (Lipinski definition) is 9. The standard InChI is InChI=1S/C18H36N10O5/c1-9(19)13(29)27-11(5-3-7-24-17(20)21)15(31)26-10(2)14(30)28-12(16(32)33)6-4-8-25-18(22)23/h9-12H,3-8,19H2,1-2H3,(H,26,31)(H,27,29)(H,28,30)(H,32,33)(H4,20,21,24)(H4,22,23,25). The molecule has 33 heavy (non-hydrogen) atoms. The second-order valence-corrected chi connectivity index (χ2v) is 7.38. The summed E-state index contributed by atoms with van der Waals surface area (Å²) in [6.45, 7) is 3.28. The predicted molar refractivity (Wildman–Crippen MR) is 123 cm³/mol. The van der Waals surface area contributed by atoms with Gasteiger partial charge in [0.2, 0.25) is 17.7 Å². The van der Waals surface area contributed by atoms with E-state index in [4.69, 9.17) is 28.7 Å². The zero-order valence-electron chi connectivity index (χ0n) is 18.9. The fourth-order valence-corrected chi connectivity index (χ4v) is 2.51. The van der Waals surface area contributed by atoms with E-state index in [2.05, 4.69) is 25.9 Å². The van der Waals surface area contributed by atoms with Crippen LogP contribution in [0.3, 0.4) is 0 Å². The maximum Gasteiger partial charge on any atom is 0.326 e. The van der Waals surface area contributed by atoms with E-state index < -0.39 is 47.9 Å². The molecule has 188 valence electrons. The highest BCUT2D eigenvalue weighted by atomic mass is 16.4. The Kier molecular flexibility index (Phi) is 13.6. The molecule has 0 aromatic rings. The molecule has 0 spiro atoms. The molecule has 0 heterocycles. The van der Waals surface area contributed by atoms with E-state index in [1.807, 2.05) is 0 Å². The molecule has 0 saturated carbocycles. The third-order valence-corrected chi connectivity index (χ3v) is 4.30. The minimum absolute atomic E-state index is 0.0797. The van der Waals surface area contributed by atoms with Gasteiger partial charge >= 0.3 is 5.97 Å². The number of carboxylic acids is 1. The number of amides is 3. The first-order chi connectivity index (χ1) is 15.3. The largest absolute Gasteiger partial charge is 0.480 e. The van der Waals surface area contributed by atoms with Gasteiger partial charge in [-0.3, -0.25) is 24.4 Å². The van der Waals surface area contributed by atoms with Crippen LogP contribution in [-0.4, -0.2) is 78.0 Å². The maximum atomic E-state index is 12.7. The molecule has 4 unspecified atom stereocenters. The van der Waals surface area contributed by atoms with Gasteiger partial charge in [-0.05, 0) is 39.5 Å². The number of carboxylic acid groups (broad SMARTS) is 1. The van der Waals surface area contributed by atoms with E-state index in [9.17, 15) is 24.3 Å². The minimum atomic E-state index is -1.24. The van der Waals surface area contributed by atoms with Crippen LogP contribution in [-0.2, 0) is 19.2 Å². The van der Waals surface area contributed by atoms with Gasteiger partial charge < -0.3 is 49.7 Å². The fourth-order valence-electron chi connectivity index (χ4n) is 2.51. The molecule has 14 N–H and O–H groups in total. The molecule has 3 amide bonds. The van der Waals surface area contributed by atoms with Gasteiger partial charge in [-0.25, -0.2) is 4.79 Å². The average Bonchev–Trinajstić information content (AvgIpc) is 2.71. The van der Waals surface area contributed by atoms with Crippen molar-refractivity contribution in [3.63, 3.8) is 0 Å². The second kappa shape index (κ2) is 15.2. The van der Waals surface area contributed by atoms with E-state index in [-0.39, 0.29) is 37.9 Å². The average molecular weight is 473 g/mol. The molecule has 15 heteroatoms. The lowest BCUT2D eigenvalue weighted by molar-refractivity contribution is -0.142. The molecular formula is C18H36N10O5. The molecule has 0 rings (SSSR count). The lowest BCUT2D eigenvalue weighted by Crippen LogP contribution is -2.56. The molecule has 0 saturated heterocycles. The van der Waals surface area contributed by atoms with E-state index in [0.29, 0.717) is 12.8 Å². The quantitative estimate of drug-likeness (QED) is 0.0632. The van der Waals surface area contributed by atoms with Crippen LogP contribution in [0.1, 0.15) is 39.5 Å². The van der Waals surface area contributed by atoms with Crippen LogP contribution in [0.15, 0.2) is 9.98 Å². The molecule has 0 aliphatic rings. The minimum Gasteiger partial charge on any atom is -0.480 e. The Morgan fingerprint density at radius 2 is 1.21 bits per heavy atom. The highest BCUT2D eigenvalue weighted by Gasteiger charge is 2.27. The number of nitrogens with zero attached hydrogens (tertiary/aromatic N) is 2. The molecule has 0 aliphatic carbocycles. The van der Waals surface area contributed by atoms with Crippen molar-refractivity contribution in [2.24, 2.45) is 38.7 Å². The number of aliphatic imine (C=N–C) groups is 2. The molecule has 0 bridgehead atoms. The van der Waals surface area contributed by atoms with Crippen molar-refractivity contribution in [3.05, 3.63) is 0 Å². The van der Waals surface area contributed by atoms with E-state index in [0.717, 1.165) is 0 Å². The number of carbonyl (C=O) groups excluding carboxylic acids is 3. The van der Waals surface area contributed by atoms with Crippen molar-refractivity contribution in [1.82, 2.24) is 16.0 Å². The SMILES string of the molecule is CC(N)C(=O)NC(CCCN=C(N)N)C(=O)NC(C)C(=O)NC(CCCN=C(N)N)C(=O)O. The summed E-state index contributed by atoms with van der Waals surface area (Å²) >= 11 is 0. The summed E-state index contributed by atoms with van der Waals surface area (Å²) in [5, 5.41) is 16.6. The molecule has 0 aromatic carbocycles. The highest BCUT2D eigenvalue weighted by Crippen LogP contribution is 2.02. The van der Waals surface area contributed by atoms with E-state index >= 15 is 0 Å². The van der Waals surface area contributed by atoms with Gasteiger partial charge in [-0.15, -0.1) is 0 Å². The lowest BCUT2D eigenvalue weighted by atomic mass is 10.1. The van der Waals surface area contributed by atoms with Crippen LogP contribution < -0.4 is 44.6 Å². The summed E-state index contributed by atoms with van der Waals surface area (Å²) in [4.78, 5) is 56.0. The topological polar surface area (TPSA) is 279 Å². The Bertz CT molecular complexity index is 732. The second-order valence-electron chi connectivity index (χ2n) is 7.38. The normalized spacial score (nSPS) is 14.0. The molecule has 0 aromatic heterocycles. The first-order valence-corrected chi connectivity index (χ1v) is 10.3. The Hall–Kier alpha value is -3.62. The smallest absolute Gasteiger partial charge is 0.326 e. The summed E-state index contributed by atoms with van der Waals surface area (Å²) in [5.41, 5.74) is 26.5. The zero-order chi connectivity index (χ0) is 25.6. The monoisotopic (exact) mass is 472 g/mol. The Labute approximate surface area is 192 Å². The van der Waals surface area contributed by atoms with Crippen LogP contribution in [0.4, 0.5) is 0 Å².